The van der Waals surface area contributed by atoms with Crippen LogP contribution in [-0.4, -0.2) is 15.9 Å². The van der Waals surface area contributed by atoms with Crippen molar-refractivity contribution in [2.75, 3.05) is 4.90 Å². The van der Waals surface area contributed by atoms with Gasteiger partial charge in [-0.25, -0.2) is 4.98 Å². The maximum Gasteiger partial charge on any atom is 0.228 e. The van der Waals surface area contributed by atoms with E-state index in [1.54, 1.807) is 22.4 Å². The molecule has 0 bridgehead atoms. The molecule has 124 valence electrons. The van der Waals surface area contributed by atoms with Crippen molar-refractivity contribution < 1.29 is 4.79 Å². The van der Waals surface area contributed by atoms with E-state index < -0.39 is 0 Å². The van der Waals surface area contributed by atoms with Crippen molar-refractivity contribution in [2.45, 2.75) is 39.7 Å². The van der Waals surface area contributed by atoms with Crippen LogP contribution in [0.1, 0.15) is 44.4 Å². The van der Waals surface area contributed by atoms with Crippen molar-refractivity contribution in [1.29, 1.82) is 0 Å². The van der Waals surface area contributed by atoms with Gasteiger partial charge in [-0.05, 0) is 29.7 Å². The lowest BCUT2D eigenvalue weighted by molar-refractivity contribution is -0.118. The van der Waals surface area contributed by atoms with Crippen molar-refractivity contribution in [3.05, 3.63) is 53.9 Å². The molecule has 1 aromatic carbocycles. The molecule has 0 unspecified atom stereocenters. The molecule has 2 aromatic heterocycles. The van der Waals surface area contributed by atoms with Gasteiger partial charge in [0, 0.05) is 12.6 Å². The second kappa shape index (κ2) is 7.09. The Morgan fingerprint density at radius 2 is 2.04 bits per heavy atom. The van der Waals surface area contributed by atoms with Crippen LogP contribution in [0.4, 0.5) is 5.13 Å². The Bertz CT molecular complexity index is 842. The molecule has 0 aliphatic rings. The van der Waals surface area contributed by atoms with Gasteiger partial charge in [0.25, 0.3) is 0 Å². The number of hydrogen-bond donors (Lipinski definition) is 0. The maximum atomic E-state index is 12.5. The topological polar surface area (TPSA) is 46.1 Å². The van der Waals surface area contributed by atoms with Gasteiger partial charge < -0.3 is 0 Å². The normalized spacial score (nSPS) is 11.2. The van der Waals surface area contributed by atoms with E-state index in [0.717, 1.165) is 21.0 Å². The number of fused-ring (bicyclic) bond motifs is 1. The number of carbonyl (C=O) groups excluding carboxylic acids is 1. The van der Waals surface area contributed by atoms with E-state index in [0.29, 0.717) is 18.9 Å². The van der Waals surface area contributed by atoms with E-state index in [2.05, 4.69) is 37.0 Å². The van der Waals surface area contributed by atoms with Gasteiger partial charge in [0.2, 0.25) is 5.91 Å². The highest BCUT2D eigenvalue weighted by molar-refractivity contribution is 7.22. The molecule has 0 N–H and O–H groups in total. The van der Waals surface area contributed by atoms with Crippen molar-refractivity contribution in [3.8, 4) is 0 Å². The Morgan fingerprint density at radius 1 is 1.21 bits per heavy atom. The SMILES string of the molecule is CCC(=O)N(Cc1ccccn1)c1nc2c(C(C)C)cccc2s1. The highest BCUT2D eigenvalue weighted by Crippen LogP contribution is 2.34. The highest BCUT2D eigenvalue weighted by atomic mass is 32.1. The first-order valence-corrected chi connectivity index (χ1v) is 9.01. The molecule has 1 amide bonds. The van der Waals surface area contributed by atoms with E-state index in [4.69, 9.17) is 4.98 Å². The van der Waals surface area contributed by atoms with E-state index in [1.165, 1.54) is 5.56 Å². The minimum atomic E-state index is 0.0609. The molecule has 0 spiro atoms. The van der Waals surface area contributed by atoms with Crippen LogP contribution in [0.3, 0.4) is 0 Å². The van der Waals surface area contributed by atoms with Gasteiger partial charge in [0.1, 0.15) is 0 Å². The Morgan fingerprint density at radius 3 is 2.71 bits per heavy atom. The summed E-state index contributed by atoms with van der Waals surface area (Å²) in [6.07, 6.45) is 2.19. The number of amides is 1. The van der Waals surface area contributed by atoms with E-state index in [9.17, 15) is 4.79 Å². The number of thiazole rings is 1. The number of hydrogen-bond acceptors (Lipinski definition) is 4. The van der Waals surface area contributed by atoms with Crippen molar-refractivity contribution >= 4 is 32.6 Å². The molecule has 0 atom stereocenters. The molecular formula is C19H21N3OS. The lowest BCUT2D eigenvalue weighted by Gasteiger charge is -2.18. The summed E-state index contributed by atoms with van der Waals surface area (Å²) in [5, 5.41) is 0.746. The van der Waals surface area contributed by atoms with Crippen LogP contribution in [0, 0.1) is 0 Å². The van der Waals surface area contributed by atoms with Crippen LogP contribution < -0.4 is 4.90 Å². The van der Waals surface area contributed by atoms with Gasteiger partial charge in [0.15, 0.2) is 5.13 Å². The molecule has 0 saturated heterocycles. The second-order valence-corrected chi connectivity index (χ2v) is 7.01. The summed E-state index contributed by atoms with van der Waals surface area (Å²) in [6, 6.07) is 12.0. The third-order valence-corrected chi connectivity index (χ3v) is 4.99. The fourth-order valence-corrected chi connectivity index (χ4v) is 3.66. The van der Waals surface area contributed by atoms with E-state index >= 15 is 0 Å². The zero-order valence-electron chi connectivity index (χ0n) is 14.2. The molecule has 2 heterocycles. The van der Waals surface area contributed by atoms with Crippen molar-refractivity contribution in [2.24, 2.45) is 0 Å². The number of nitrogens with zero attached hydrogens (tertiary/aromatic N) is 3. The first-order chi connectivity index (χ1) is 11.6. The molecule has 0 aliphatic heterocycles. The lowest BCUT2D eigenvalue weighted by Crippen LogP contribution is -2.29. The first-order valence-electron chi connectivity index (χ1n) is 8.20. The first kappa shape index (κ1) is 16.6. The van der Waals surface area contributed by atoms with Gasteiger partial charge in [-0.2, -0.15) is 0 Å². The summed E-state index contributed by atoms with van der Waals surface area (Å²) in [7, 11) is 0. The predicted octanol–water partition coefficient (Wildman–Crippen LogP) is 4.76. The fraction of sp³-hybridized carbons (Fsp3) is 0.316. The zero-order valence-corrected chi connectivity index (χ0v) is 15.0. The molecule has 0 saturated carbocycles. The van der Waals surface area contributed by atoms with Gasteiger partial charge >= 0.3 is 0 Å². The molecule has 0 aliphatic carbocycles. The highest BCUT2D eigenvalue weighted by Gasteiger charge is 2.20. The third kappa shape index (κ3) is 3.31. The number of aromatic nitrogens is 2. The van der Waals surface area contributed by atoms with E-state index in [-0.39, 0.29) is 5.91 Å². The summed E-state index contributed by atoms with van der Waals surface area (Å²) in [6.45, 7) is 6.65. The number of benzene rings is 1. The van der Waals surface area contributed by atoms with Crippen LogP contribution >= 0.6 is 11.3 Å². The standard InChI is InChI=1S/C19H21N3OS/c1-4-17(23)22(12-14-8-5-6-11-20-14)19-21-18-15(13(2)3)9-7-10-16(18)24-19/h5-11,13H,4,12H2,1-3H3. The molecule has 24 heavy (non-hydrogen) atoms. The average Bonchev–Trinajstić information content (AvgIpc) is 3.03. The molecule has 0 radical (unpaired) electrons. The summed E-state index contributed by atoms with van der Waals surface area (Å²) in [4.78, 5) is 23.4. The smallest absolute Gasteiger partial charge is 0.228 e. The van der Waals surface area contributed by atoms with Crippen LogP contribution in [-0.2, 0) is 11.3 Å². The minimum absolute atomic E-state index is 0.0609. The lowest BCUT2D eigenvalue weighted by atomic mass is 10.0. The van der Waals surface area contributed by atoms with Gasteiger partial charge in [-0.1, -0.05) is 50.3 Å². The predicted molar refractivity (Wildman–Crippen MR) is 99.4 cm³/mol. The minimum Gasteiger partial charge on any atom is -0.282 e. The molecular weight excluding hydrogens is 318 g/mol. The van der Waals surface area contributed by atoms with Crippen molar-refractivity contribution in [1.82, 2.24) is 9.97 Å². The average molecular weight is 339 g/mol. The molecule has 5 heteroatoms. The molecule has 3 aromatic rings. The Hall–Kier alpha value is -2.27. The van der Waals surface area contributed by atoms with Crippen molar-refractivity contribution in [3.63, 3.8) is 0 Å². The van der Waals surface area contributed by atoms with Crippen LogP contribution in [0.25, 0.3) is 10.2 Å². The molecule has 4 nitrogen and oxygen atoms in total. The van der Waals surface area contributed by atoms with E-state index in [1.807, 2.05) is 25.1 Å². The quantitative estimate of drug-likeness (QED) is 0.673. The summed E-state index contributed by atoms with van der Waals surface area (Å²) >= 11 is 1.57. The third-order valence-electron chi connectivity index (χ3n) is 3.94. The number of para-hydroxylation sites is 1. The van der Waals surface area contributed by atoms with Gasteiger partial charge in [-0.3, -0.25) is 14.7 Å². The van der Waals surface area contributed by atoms with Crippen LogP contribution in [0.5, 0.6) is 0 Å². The zero-order chi connectivity index (χ0) is 17.1. The summed E-state index contributed by atoms with van der Waals surface area (Å²) < 4.78 is 1.12. The Balaban J connectivity index is 2.03. The summed E-state index contributed by atoms with van der Waals surface area (Å²) in [5.41, 5.74) is 3.08. The fourth-order valence-electron chi connectivity index (χ4n) is 2.65. The molecule has 3 rings (SSSR count). The van der Waals surface area contributed by atoms with Gasteiger partial charge in [-0.15, -0.1) is 0 Å². The summed E-state index contributed by atoms with van der Waals surface area (Å²) in [5.74, 6) is 0.459. The number of carbonyl (C=O) groups is 1. The number of rotatable bonds is 5. The van der Waals surface area contributed by atoms with Crippen LogP contribution in [0.2, 0.25) is 0 Å². The Kier molecular flexibility index (Phi) is 4.90. The molecule has 0 fully saturated rings. The van der Waals surface area contributed by atoms with Crippen LogP contribution in [0.15, 0.2) is 42.6 Å². The monoisotopic (exact) mass is 339 g/mol. The largest absolute Gasteiger partial charge is 0.282 e. The second-order valence-electron chi connectivity index (χ2n) is 6.00. The maximum absolute atomic E-state index is 12.5. The number of pyridine rings is 1. The Labute approximate surface area is 146 Å². The van der Waals surface area contributed by atoms with Gasteiger partial charge in [0.05, 0.1) is 22.5 Å². The number of anilines is 1.